The van der Waals surface area contributed by atoms with Crippen LogP contribution in [0.15, 0.2) is 24.3 Å². The highest BCUT2D eigenvalue weighted by Crippen LogP contribution is 2.39. The molecule has 0 saturated heterocycles. The van der Waals surface area contributed by atoms with Gasteiger partial charge in [-0.3, -0.25) is 9.59 Å². The lowest BCUT2D eigenvalue weighted by Gasteiger charge is -2.09. The summed E-state index contributed by atoms with van der Waals surface area (Å²) in [5, 5.41) is 11.1. The second-order valence-corrected chi connectivity index (χ2v) is 4.35. The number of carboxylic acid groups (broad SMARTS) is 1. The third kappa shape index (κ3) is 3.62. The van der Waals surface area contributed by atoms with Crippen LogP contribution in [0, 0.1) is 11.8 Å². The molecule has 0 heterocycles. The summed E-state index contributed by atoms with van der Waals surface area (Å²) >= 11 is 0. The van der Waals surface area contributed by atoms with E-state index in [0.29, 0.717) is 0 Å². The van der Waals surface area contributed by atoms with Gasteiger partial charge < -0.3 is 15.2 Å². The van der Waals surface area contributed by atoms with Crippen LogP contribution in [0.2, 0.25) is 0 Å². The summed E-state index contributed by atoms with van der Waals surface area (Å²) < 4.78 is 39.5. The average Bonchev–Trinajstić information content (AvgIpc) is 3.09. The Morgan fingerprint density at radius 3 is 2.25 bits per heavy atom. The van der Waals surface area contributed by atoms with Crippen molar-refractivity contribution in [1.82, 2.24) is 0 Å². The minimum atomic E-state index is -4.77. The maximum atomic E-state index is 11.9. The number of anilines is 1. The molecule has 1 saturated carbocycles. The Hall–Kier alpha value is -2.25. The fraction of sp³-hybridized carbons (Fsp3) is 0.333. The number of carbonyl (C=O) groups excluding carboxylic acids is 1. The molecule has 1 aliphatic rings. The molecular weight excluding hydrogens is 279 g/mol. The van der Waals surface area contributed by atoms with Crippen molar-refractivity contribution in [3.05, 3.63) is 24.3 Å². The SMILES string of the molecule is O=C(O)[C@H]1C[C@H]1C(=O)Nc1ccc(OC(F)(F)F)cc1. The molecular formula is C12H10F3NO4. The molecule has 0 aliphatic heterocycles. The number of benzene rings is 1. The molecule has 0 unspecified atom stereocenters. The average molecular weight is 289 g/mol. The van der Waals surface area contributed by atoms with E-state index in [2.05, 4.69) is 10.1 Å². The lowest BCUT2D eigenvalue weighted by Crippen LogP contribution is -2.18. The Morgan fingerprint density at radius 1 is 1.20 bits per heavy atom. The summed E-state index contributed by atoms with van der Waals surface area (Å²) in [6.07, 6.45) is -4.50. The maximum absolute atomic E-state index is 11.9. The van der Waals surface area contributed by atoms with Gasteiger partial charge in [-0.05, 0) is 30.7 Å². The van der Waals surface area contributed by atoms with E-state index in [-0.39, 0.29) is 12.1 Å². The van der Waals surface area contributed by atoms with Gasteiger partial charge in [-0.1, -0.05) is 0 Å². The molecule has 0 bridgehead atoms. The highest BCUT2D eigenvalue weighted by molar-refractivity contribution is 5.98. The predicted molar refractivity (Wildman–Crippen MR) is 61.0 cm³/mol. The number of nitrogens with one attached hydrogen (secondary N) is 1. The molecule has 2 N–H and O–H groups in total. The van der Waals surface area contributed by atoms with E-state index < -0.39 is 35.8 Å². The van der Waals surface area contributed by atoms with E-state index in [0.717, 1.165) is 12.1 Å². The zero-order chi connectivity index (χ0) is 14.9. The van der Waals surface area contributed by atoms with Gasteiger partial charge in [-0.2, -0.15) is 0 Å². The van der Waals surface area contributed by atoms with E-state index in [1.807, 2.05) is 0 Å². The number of amides is 1. The molecule has 0 radical (unpaired) electrons. The van der Waals surface area contributed by atoms with Gasteiger partial charge in [-0.25, -0.2) is 0 Å². The van der Waals surface area contributed by atoms with Gasteiger partial charge in [0.15, 0.2) is 0 Å². The minimum Gasteiger partial charge on any atom is -0.481 e. The smallest absolute Gasteiger partial charge is 0.481 e. The number of alkyl halides is 3. The van der Waals surface area contributed by atoms with Crippen molar-refractivity contribution in [3.8, 4) is 5.75 Å². The van der Waals surface area contributed by atoms with Gasteiger partial charge >= 0.3 is 12.3 Å². The van der Waals surface area contributed by atoms with Crippen LogP contribution in [0.5, 0.6) is 5.75 Å². The van der Waals surface area contributed by atoms with E-state index >= 15 is 0 Å². The molecule has 0 spiro atoms. The Morgan fingerprint density at radius 2 is 1.80 bits per heavy atom. The highest BCUT2D eigenvalue weighted by atomic mass is 19.4. The number of halogens is 3. The van der Waals surface area contributed by atoms with Crippen molar-refractivity contribution >= 4 is 17.6 Å². The number of rotatable bonds is 4. The number of aliphatic carboxylic acids is 1. The van der Waals surface area contributed by atoms with E-state index in [1.165, 1.54) is 12.1 Å². The van der Waals surface area contributed by atoms with Crippen LogP contribution >= 0.6 is 0 Å². The number of carboxylic acids is 1. The van der Waals surface area contributed by atoms with Crippen molar-refractivity contribution < 1.29 is 32.6 Å². The largest absolute Gasteiger partial charge is 0.573 e. The second-order valence-electron chi connectivity index (χ2n) is 4.35. The molecule has 108 valence electrons. The van der Waals surface area contributed by atoms with Gasteiger partial charge in [0.05, 0.1) is 11.8 Å². The summed E-state index contributed by atoms with van der Waals surface area (Å²) in [6.45, 7) is 0. The van der Waals surface area contributed by atoms with Crippen molar-refractivity contribution in [2.75, 3.05) is 5.32 Å². The normalized spacial score (nSPS) is 21.1. The zero-order valence-corrected chi connectivity index (χ0v) is 9.98. The van der Waals surface area contributed by atoms with Gasteiger partial charge in [0.25, 0.3) is 0 Å². The third-order valence-corrected chi connectivity index (χ3v) is 2.80. The predicted octanol–water partition coefficient (Wildman–Crippen LogP) is 2.24. The van der Waals surface area contributed by atoms with Gasteiger partial charge in [0.2, 0.25) is 5.91 Å². The molecule has 2 rings (SSSR count). The number of carbonyl (C=O) groups is 2. The monoisotopic (exact) mass is 289 g/mol. The molecule has 1 aromatic rings. The van der Waals surface area contributed by atoms with Crippen molar-refractivity contribution in [3.63, 3.8) is 0 Å². The standard InChI is InChI=1S/C12H10F3NO4/c13-12(14,15)20-7-3-1-6(2-4-7)16-10(17)8-5-9(8)11(18)19/h1-4,8-9H,5H2,(H,16,17)(H,18,19)/t8-,9+/m1/s1. The summed E-state index contributed by atoms with van der Waals surface area (Å²) in [6, 6.07) is 4.61. The third-order valence-electron chi connectivity index (χ3n) is 2.80. The molecule has 5 nitrogen and oxygen atoms in total. The first kappa shape index (κ1) is 14.2. The van der Waals surface area contributed by atoms with Crippen LogP contribution in [0.25, 0.3) is 0 Å². The Bertz CT molecular complexity index is 526. The van der Waals surface area contributed by atoms with Crippen LogP contribution in [0.4, 0.5) is 18.9 Å². The topological polar surface area (TPSA) is 75.6 Å². The van der Waals surface area contributed by atoms with Crippen LogP contribution in [0.1, 0.15) is 6.42 Å². The van der Waals surface area contributed by atoms with Gasteiger partial charge in [-0.15, -0.1) is 13.2 Å². The Kier molecular flexibility index (Phi) is 3.56. The van der Waals surface area contributed by atoms with E-state index in [1.54, 1.807) is 0 Å². The van der Waals surface area contributed by atoms with Gasteiger partial charge in [0, 0.05) is 5.69 Å². The number of ether oxygens (including phenoxy) is 1. The lowest BCUT2D eigenvalue weighted by atomic mass is 10.2. The Balaban J connectivity index is 1.91. The minimum absolute atomic E-state index is 0.274. The second kappa shape index (κ2) is 5.03. The van der Waals surface area contributed by atoms with Crippen LogP contribution < -0.4 is 10.1 Å². The molecule has 1 aromatic carbocycles. The highest BCUT2D eigenvalue weighted by Gasteiger charge is 2.48. The summed E-state index contributed by atoms with van der Waals surface area (Å²) in [5.74, 6) is -3.15. The first-order chi connectivity index (χ1) is 9.26. The molecule has 2 atom stereocenters. The molecule has 0 aromatic heterocycles. The summed E-state index contributed by atoms with van der Waals surface area (Å²) in [4.78, 5) is 22.2. The molecule has 1 amide bonds. The number of hydrogen-bond donors (Lipinski definition) is 2. The number of hydrogen-bond acceptors (Lipinski definition) is 3. The summed E-state index contributed by atoms with van der Waals surface area (Å²) in [5.41, 5.74) is 0.278. The molecule has 1 fully saturated rings. The van der Waals surface area contributed by atoms with Gasteiger partial charge in [0.1, 0.15) is 5.75 Å². The van der Waals surface area contributed by atoms with Crippen molar-refractivity contribution in [2.45, 2.75) is 12.8 Å². The molecule has 1 aliphatic carbocycles. The quantitative estimate of drug-likeness (QED) is 0.891. The van der Waals surface area contributed by atoms with Crippen LogP contribution in [-0.2, 0) is 9.59 Å². The van der Waals surface area contributed by atoms with Crippen LogP contribution in [0.3, 0.4) is 0 Å². The zero-order valence-electron chi connectivity index (χ0n) is 9.98. The first-order valence-electron chi connectivity index (χ1n) is 5.66. The molecule has 20 heavy (non-hydrogen) atoms. The fourth-order valence-electron chi connectivity index (χ4n) is 1.73. The van der Waals surface area contributed by atoms with E-state index in [9.17, 15) is 22.8 Å². The summed E-state index contributed by atoms with van der Waals surface area (Å²) in [7, 11) is 0. The van der Waals surface area contributed by atoms with Crippen molar-refractivity contribution in [1.29, 1.82) is 0 Å². The maximum Gasteiger partial charge on any atom is 0.573 e. The Labute approximate surface area is 111 Å². The van der Waals surface area contributed by atoms with E-state index in [4.69, 9.17) is 5.11 Å². The fourth-order valence-corrected chi connectivity index (χ4v) is 1.73. The molecule has 8 heteroatoms. The first-order valence-corrected chi connectivity index (χ1v) is 5.66. The van der Waals surface area contributed by atoms with Crippen LogP contribution in [-0.4, -0.2) is 23.3 Å². The van der Waals surface area contributed by atoms with Crippen molar-refractivity contribution in [2.24, 2.45) is 11.8 Å². The lowest BCUT2D eigenvalue weighted by molar-refractivity contribution is -0.274.